The molecule has 3 heterocycles. The third kappa shape index (κ3) is 5.07. The Morgan fingerprint density at radius 3 is 1.40 bits per heavy atom. The molecule has 12 rings (SSSR count). The van der Waals surface area contributed by atoms with Crippen molar-refractivity contribution in [3.8, 4) is 45.5 Å². The predicted molar refractivity (Wildman–Crippen MR) is 240 cm³/mol. The summed E-state index contributed by atoms with van der Waals surface area (Å²) in [5.74, 6) is 1.86. The average molecular weight is 740 g/mol. The number of para-hydroxylation sites is 2. The zero-order valence-electron chi connectivity index (χ0n) is 31.3. The predicted octanol–water partition coefficient (Wildman–Crippen LogP) is 13.4. The van der Waals surface area contributed by atoms with E-state index in [1.807, 2.05) is 60.7 Å². The normalized spacial score (nSPS) is 11.8. The summed E-state index contributed by atoms with van der Waals surface area (Å²) in [7, 11) is 0. The zero-order chi connectivity index (χ0) is 38.2. The van der Waals surface area contributed by atoms with Gasteiger partial charge >= 0.3 is 0 Å². The molecule has 0 bridgehead atoms. The molecule has 0 N–H and O–H groups in total. The van der Waals surface area contributed by atoms with Crippen molar-refractivity contribution >= 4 is 65.2 Å². The summed E-state index contributed by atoms with van der Waals surface area (Å²) in [5.41, 5.74) is 9.80. The molecule has 58 heavy (non-hydrogen) atoms. The van der Waals surface area contributed by atoms with E-state index >= 15 is 0 Å². The van der Waals surface area contributed by atoms with E-state index in [9.17, 15) is 0 Å². The number of hydrogen-bond acceptors (Lipinski definition) is 3. The first-order chi connectivity index (χ1) is 28.7. The third-order valence-corrected chi connectivity index (χ3v) is 11.6. The van der Waals surface area contributed by atoms with E-state index in [2.05, 4.69) is 149 Å². The highest BCUT2D eigenvalue weighted by Crippen LogP contribution is 2.39. The molecule has 9 aromatic carbocycles. The van der Waals surface area contributed by atoms with Gasteiger partial charge in [0.25, 0.3) is 0 Å². The summed E-state index contributed by atoms with van der Waals surface area (Å²) in [6, 6.07) is 71.1. The summed E-state index contributed by atoms with van der Waals surface area (Å²) < 4.78 is 4.58. The molecular formula is C53H33N5. The lowest BCUT2D eigenvalue weighted by Gasteiger charge is -2.11. The Bertz CT molecular complexity index is 3510. The van der Waals surface area contributed by atoms with E-state index in [-0.39, 0.29) is 0 Å². The van der Waals surface area contributed by atoms with Crippen LogP contribution in [0.1, 0.15) is 0 Å². The van der Waals surface area contributed by atoms with Crippen LogP contribution in [0.2, 0.25) is 0 Å². The van der Waals surface area contributed by atoms with Crippen LogP contribution in [0, 0.1) is 0 Å². The molecular weight excluding hydrogens is 707 g/mol. The van der Waals surface area contributed by atoms with Gasteiger partial charge in [-0.3, -0.25) is 4.57 Å². The van der Waals surface area contributed by atoms with Crippen molar-refractivity contribution < 1.29 is 0 Å². The maximum Gasteiger partial charge on any atom is 0.238 e. The van der Waals surface area contributed by atoms with E-state index in [1.54, 1.807) is 0 Å². The van der Waals surface area contributed by atoms with Crippen molar-refractivity contribution in [2.75, 3.05) is 0 Å². The minimum Gasteiger partial charge on any atom is -0.309 e. The van der Waals surface area contributed by atoms with Gasteiger partial charge in [0.2, 0.25) is 5.95 Å². The molecule has 0 radical (unpaired) electrons. The second-order valence-corrected chi connectivity index (χ2v) is 14.9. The lowest BCUT2D eigenvalue weighted by atomic mass is 10.0. The highest BCUT2D eigenvalue weighted by Gasteiger charge is 2.19. The van der Waals surface area contributed by atoms with Crippen molar-refractivity contribution in [2.45, 2.75) is 0 Å². The van der Waals surface area contributed by atoms with Gasteiger partial charge in [0, 0.05) is 38.4 Å². The molecule has 0 amide bonds. The van der Waals surface area contributed by atoms with Gasteiger partial charge in [0.05, 0.1) is 22.1 Å². The van der Waals surface area contributed by atoms with Crippen molar-refractivity contribution in [2.24, 2.45) is 0 Å². The highest BCUT2D eigenvalue weighted by molar-refractivity contribution is 6.13. The quantitative estimate of drug-likeness (QED) is 0.165. The van der Waals surface area contributed by atoms with Crippen molar-refractivity contribution in [3.63, 3.8) is 0 Å². The molecule has 12 aromatic rings. The van der Waals surface area contributed by atoms with Crippen LogP contribution in [-0.4, -0.2) is 24.1 Å². The van der Waals surface area contributed by atoms with E-state index in [0.717, 1.165) is 49.7 Å². The third-order valence-electron chi connectivity index (χ3n) is 11.6. The maximum absolute atomic E-state index is 5.11. The Morgan fingerprint density at radius 2 is 0.759 bits per heavy atom. The minimum absolute atomic E-state index is 0.586. The number of benzene rings is 9. The SMILES string of the molecule is c1ccc(-c2nc(-c3ccccc3)nc(-n3c4ccccc4c4cc(-c5ccc6c(c5)c5ccccc5n6-c5ccc6c(ccc7ccccc76)c5)ccc43)n2)cc1. The second-order valence-electron chi connectivity index (χ2n) is 14.9. The van der Waals surface area contributed by atoms with Crippen LogP contribution in [0.3, 0.4) is 0 Å². The van der Waals surface area contributed by atoms with Crippen LogP contribution in [0.15, 0.2) is 200 Å². The van der Waals surface area contributed by atoms with Gasteiger partial charge in [0.15, 0.2) is 11.6 Å². The second kappa shape index (κ2) is 12.8. The van der Waals surface area contributed by atoms with Crippen LogP contribution in [-0.2, 0) is 0 Å². The molecule has 0 fully saturated rings. The fourth-order valence-corrected chi connectivity index (χ4v) is 8.84. The molecule has 0 spiro atoms. The van der Waals surface area contributed by atoms with E-state index in [4.69, 9.17) is 15.0 Å². The monoisotopic (exact) mass is 739 g/mol. The number of aromatic nitrogens is 5. The molecule has 0 aliphatic rings. The molecule has 0 saturated carbocycles. The maximum atomic E-state index is 5.11. The molecule has 5 heteroatoms. The standard InChI is InChI=1S/C53H33N5/c1-3-14-35(15-4-1)51-54-52(36-16-5-2-6-17-36)56-53(55-51)58-48-22-12-10-20-44(48)46-33-38(26-30-50(46)58)37-25-29-49-45(32-37)43-19-9-11-21-47(43)57(49)40-27-28-42-39(31-40)24-23-34-13-7-8-18-41(34)42/h1-33H. The summed E-state index contributed by atoms with van der Waals surface area (Å²) in [6.45, 7) is 0. The Labute approximate surface area is 333 Å². The fourth-order valence-electron chi connectivity index (χ4n) is 8.84. The molecule has 270 valence electrons. The Balaban J connectivity index is 1.02. The zero-order valence-corrected chi connectivity index (χ0v) is 31.3. The van der Waals surface area contributed by atoms with E-state index in [1.165, 1.54) is 43.4 Å². The van der Waals surface area contributed by atoms with Crippen molar-refractivity contribution in [1.82, 2.24) is 24.1 Å². The van der Waals surface area contributed by atoms with Gasteiger partial charge in [0.1, 0.15) is 0 Å². The van der Waals surface area contributed by atoms with Gasteiger partial charge in [-0.1, -0.05) is 152 Å². The minimum atomic E-state index is 0.586. The van der Waals surface area contributed by atoms with Crippen molar-refractivity contribution in [3.05, 3.63) is 200 Å². The van der Waals surface area contributed by atoms with Crippen molar-refractivity contribution in [1.29, 1.82) is 0 Å². The van der Waals surface area contributed by atoms with Crippen LogP contribution in [0.25, 0.3) is 111 Å². The lowest BCUT2D eigenvalue weighted by Crippen LogP contribution is -2.06. The summed E-state index contributed by atoms with van der Waals surface area (Å²) in [6.07, 6.45) is 0. The van der Waals surface area contributed by atoms with Gasteiger partial charge in [-0.15, -0.1) is 0 Å². The van der Waals surface area contributed by atoms with Crippen LogP contribution >= 0.6 is 0 Å². The first-order valence-corrected chi connectivity index (χ1v) is 19.6. The smallest absolute Gasteiger partial charge is 0.238 e. The van der Waals surface area contributed by atoms with Gasteiger partial charge in [-0.25, -0.2) is 4.98 Å². The molecule has 0 aliphatic heterocycles. The summed E-state index contributed by atoms with van der Waals surface area (Å²) in [4.78, 5) is 15.2. The molecule has 3 aromatic heterocycles. The molecule has 5 nitrogen and oxygen atoms in total. The Kier molecular flexibility index (Phi) is 7.16. The average Bonchev–Trinajstić information content (AvgIpc) is 3.81. The first-order valence-electron chi connectivity index (χ1n) is 19.6. The molecule has 0 unspecified atom stereocenters. The van der Waals surface area contributed by atoms with Crippen LogP contribution in [0.5, 0.6) is 0 Å². The number of rotatable bonds is 5. The van der Waals surface area contributed by atoms with E-state index in [0.29, 0.717) is 17.6 Å². The van der Waals surface area contributed by atoms with Gasteiger partial charge < -0.3 is 4.57 Å². The topological polar surface area (TPSA) is 48.5 Å². The summed E-state index contributed by atoms with van der Waals surface area (Å²) in [5, 5.41) is 9.78. The molecule has 0 saturated heterocycles. The van der Waals surface area contributed by atoms with E-state index < -0.39 is 0 Å². The first kappa shape index (κ1) is 32.4. The Morgan fingerprint density at radius 1 is 0.276 bits per heavy atom. The van der Waals surface area contributed by atoms with Crippen LogP contribution < -0.4 is 0 Å². The number of nitrogens with zero attached hydrogens (tertiary/aromatic N) is 5. The largest absolute Gasteiger partial charge is 0.309 e. The fraction of sp³-hybridized carbons (Fsp3) is 0. The van der Waals surface area contributed by atoms with Gasteiger partial charge in [-0.2, -0.15) is 9.97 Å². The number of hydrogen-bond donors (Lipinski definition) is 0. The lowest BCUT2D eigenvalue weighted by molar-refractivity contribution is 0.953. The van der Waals surface area contributed by atoms with Gasteiger partial charge in [-0.05, 0) is 81.2 Å². The number of fused-ring (bicyclic) bond motifs is 9. The Hall–Kier alpha value is -7.89. The molecule has 0 aliphatic carbocycles. The summed E-state index contributed by atoms with van der Waals surface area (Å²) >= 11 is 0. The highest BCUT2D eigenvalue weighted by atomic mass is 15.2. The van der Waals surface area contributed by atoms with Crippen LogP contribution in [0.4, 0.5) is 0 Å². The molecule has 0 atom stereocenters.